The van der Waals surface area contributed by atoms with E-state index in [-0.39, 0.29) is 11.7 Å². The van der Waals surface area contributed by atoms with E-state index in [2.05, 4.69) is 15.3 Å². The van der Waals surface area contributed by atoms with Gasteiger partial charge in [0.15, 0.2) is 5.78 Å². The van der Waals surface area contributed by atoms with Crippen LogP contribution in [0.4, 0.5) is 5.69 Å². The van der Waals surface area contributed by atoms with Gasteiger partial charge in [0, 0.05) is 29.1 Å². The van der Waals surface area contributed by atoms with Crippen LogP contribution >= 0.6 is 0 Å². The molecule has 0 unspecified atom stereocenters. The van der Waals surface area contributed by atoms with Gasteiger partial charge in [-0.15, -0.1) is 0 Å². The topological polar surface area (TPSA) is 94.9 Å². The average molecular weight is 244 g/mol. The minimum Gasteiger partial charge on any atom is -0.326 e. The smallest absolute Gasteiger partial charge is 0.228 e. The highest BCUT2D eigenvalue weighted by atomic mass is 16.1. The summed E-state index contributed by atoms with van der Waals surface area (Å²) in [5.74, 6) is -0.0387. The first-order valence-electron chi connectivity index (χ1n) is 5.67. The van der Waals surface area contributed by atoms with Crippen LogP contribution in [0.25, 0.3) is 10.4 Å². The number of ketones is 1. The van der Waals surface area contributed by atoms with Gasteiger partial charge >= 0.3 is 0 Å². The Morgan fingerprint density at radius 1 is 1.50 bits per heavy atom. The molecule has 0 aliphatic carbocycles. The molecule has 0 spiro atoms. The number of fused-ring (bicyclic) bond motifs is 1. The van der Waals surface area contributed by atoms with Gasteiger partial charge in [0.2, 0.25) is 5.91 Å². The van der Waals surface area contributed by atoms with Gasteiger partial charge < -0.3 is 5.32 Å². The standard InChI is InChI=1S/C12H12N4O2/c13-16-14-5-1-2-11(17)8-3-4-10-9(6-8)7-12(18)15-10/h3-4,6H,1-2,5,7H2,(H,15,18). The zero-order valence-electron chi connectivity index (χ0n) is 9.72. The predicted octanol–water partition coefficient (Wildman–Crippen LogP) is 2.45. The van der Waals surface area contributed by atoms with Crippen LogP contribution in [0.3, 0.4) is 0 Å². The van der Waals surface area contributed by atoms with Crippen molar-refractivity contribution in [2.24, 2.45) is 5.11 Å². The first kappa shape index (κ1) is 12.1. The van der Waals surface area contributed by atoms with Crippen molar-refractivity contribution in [3.8, 4) is 0 Å². The molecule has 0 atom stereocenters. The number of hydrogen-bond donors (Lipinski definition) is 1. The number of amides is 1. The van der Waals surface area contributed by atoms with Crippen molar-refractivity contribution in [3.63, 3.8) is 0 Å². The molecule has 6 heteroatoms. The molecule has 1 N–H and O–H groups in total. The monoisotopic (exact) mass is 244 g/mol. The summed E-state index contributed by atoms with van der Waals surface area (Å²) in [6.07, 6.45) is 1.21. The molecule has 0 radical (unpaired) electrons. The van der Waals surface area contributed by atoms with Crippen LogP contribution in [0.2, 0.25) is 0 Å². The zero-order valence-corrected chi connectivity index (χ0v) is 9.72. The molecule has 1 heterocycles. The Morgan fingerprint density at radius 3 is 3.11 bits per heavy atom. The highest BCUT2D eigenvalue weighted by molar-refractivity contribution is 6.02. The Labute approximate surface area is 104 Å². The number of nitrogens with zero attached hydrogens (tertiary/aromatic N) is 3. The van der Waals surface area contributed by atoms with Crippen LogP contribution in [0.5, 0.6) is 0 Å². The molecular weight excluding hydrogens is 232 g/mol. The van der Waals surface area contributed by atoms with Gasteiger partial charge in [0.05, 0.1) is 6.42 Å². The molecule has 1 aromatic carbocycles. The minimum atomic E-state index is -0.0436. The van der Waals surface area contributed by atoms with E-state index in [1.807, 2.05) is 0 Å². The second-order valence-electron chi connectivity index (χ2n) is 4.08. The molecular formula is C12H12N4O2. The van der Waals surface area contributed by atoms with Gasteiger partial charge in [-0.1, -0.05) is 5.11 Å². The molecule has 2 rings (SSSR count). The van der Waals surface area contributed by atoms with Crippen LogP contribution in [0.15, 0.2) is 23.3 Å². The Balaban J connectivity index is 2.01. The number of azide groups is 1. The number of Topliss-reactive ketones (excluding diaryl/α,β-unsaturated/α-hetero) is 1. The third-order valence-corrected chi connectivity index (χ3v) is 2.78. The Morgan fingerprint density at radius 2 is 2.33 bits per heavy atom. The van der Waals surface area contributed by atoms with Crippen LogP contribution in [0, 0.1) is 0 Å². The first-order valence-corrected chi connectivity index (χ1v) is 5.67. The van der Waals surface area contributed by atoms with E-state index in [0.29, 0.717) is 31.4 Å². The number of rotatable bonds is 5. The summed E-state index contributed by atoms with van der Waals surface area (Å²) in [6.45, 7) is 0.327. The lowest BCUT2D eigenvalue weighted by atomic mass is 10.0. The van der Waals surface area contributed by atoms with Gasteiger partial charge in [-0.05, 0) is 35.7 Å². The van der Waals surface area contributed by atoms with Crippen molar-refractivity contribution in [1.29, 1.82) is 0 Å². The quantitative estimate of drug-likeness (QED) is 0.283. The molecule has 0 saturated carbocycles. The predicted molar refractivity (Wildman–Crippen MR) is 66.4 cm³/mol. The number of carbonyl (C=O) groups excluding carboxylic acids is 2. The lowest BCUT2D eigenvalue weighted by Crippen LogP contribution is -2.03. The van der Waals surface area contributed by atoms with Gasteiger partial charge in [-0.2, -0.15) is 0 Å². The van der Waals surface area contributed by atoms with Crippen molar-refractivity contribution in [1.82, 2.24) is 0 Å². The number of nitrogens with one attached hydrogen (secondary N) is 1. The van der Waals surface area contributed by atoms with E-state index in [1.54, 1.807) is 18.2 Å². The zero-order chi connectivity index (χ0) is 13.0. The molecule has 0 fully saturated rings. The van der Waals surface area contributed by atoms with E-state index in [0.717, 1.165) is 11.3 Å². The van der Waals surface area contributed by atoms with Gasteiger partial charge in [0.25, 0.3) is 0 Å². The second kappa shape index (κ2) is 5.33. The summed E-state index contributed by atoms with van der Waals surface area (Å²) < 4.78 is 0. The Hall–Kier alpha value is -2.33. The van der Waals surface area contributed by atoms with Gasteiger partial charge in [-0.25, -0.2) is 0 Å². The number of carbonyl (C=O) groups is 2. The summed E-state index contributed by atoms with van der Waals surface area (Å²) in [7, 11) is 0. The van der Waals surface area contributed by atoms with Crippen molar-refractivity contribution in [3.05, 3.63) is 39.8 Å². The fourth-order valence-electron chi connectivity index (χ4n) is 1.90. The third kappa shape index (κ3) is 2.67. The van der Waals surface area contributed by atoms with Crippen molar-refractivity contribution in [2.45, 2.75) is 19.3 Å². The molecule has 1 amide bonds. The van der Waals surface area contributed by atoms with Gasteiger partial charge in [-0.3, -0.25) is 9.59 Å². The van der Waals surface area contributed by atoms with E-state index in [9.17, 15) is 9.59 Å². The summed E-state index contributed by atoms with van der Waals surface area (Å²) in [6, 6.07) is 5.21. The number of anilines is 1. The normalized spacial score (nSPS) is 12.6. The third-order valence-electron chi connectivity index (χ3n) is 2.78. The molecule has 18 heavy (non-hydrogen) atoms. The van der Waals surface area contributed by atoms with Crippen LogP contribution in [0.1, 0.15) is 28.8 Å². The maximum Gasteiger partial charge on any atom is 0.228 e. The molecule has 0 aromatic heterocycles. The minimum absolute atomic E-state index is 0.00490. The summed E-state index contributed by atoms with van der Waals surface area (Å²) in [5, 5.41) is 6.10. The fourth-order valence-corrected chi connectivity index (χ4v) is 1.90. The second-order valence-corrected chi connectivity index (χ2v) is 4.08. The van der Waals surface area contributed by atoms with E-state index >= 15 is 0 Å². The van der Waals surface area contributed by atoms with Crippen LogP contribution < -0.4 is 5.32 Å². The van der Waals surface area contributed by atoms with E-state index in [4.69, 9.17) is 5.53 Å². The highest BCUT2D eigenvalue weighted by Gasteiger charge is 2.18. The molecule has 1 aromatic rings. The fraction of sp³-hybridized carbons (Fsp3) is 0.333. The average Bonchev–Trinajstić information content (AvgIpc) is 2.73. The summed E-state index contributed by atoms with van der Waals surface area (Å²) in [5.41, 5.74) is 10.4. The van der Waals surface area contributed by atoms with E-state index < -0.39 is 0 Å². The maximum absolute atomic E-state index is 11.8. The summed E-state index contributed by atoms with van der Waals surface area (Å²) >= 11 is 0. The molecule has 0 bridgehead atoms. The largest absolute Gasteiger partial charge is 0.326 e. The van der Waals surface area contributed by atoms with Crippen LogP contribution in [-0.4, -0.2) is 18.2 Å². The molecule has 6 nitrogen and oxygen atoms in total. The van der Waals surface area contributed by atoms with Crippen LogP contribution in [-0.2, 0) is 11.2 Å². The lowest BCUT2D eigenvalue weighted by molar-refractivity contribution is -0.115. The molecule has 1 aliphatic heterocycles. The van der Waals surface area contributed by atoms with Crippen molar-refractivity contribution >= 4 is 17.4 Å². The SMILES string of the molecule is [N-]=[N+]=NCCCC(=O)c1ccc2c(c1)CC(=O)N2. The number of benzene rings is 1. The first-order chi connectivity index (χ1) is 8.70. The highest BCUT2D eigenvalue weighted by Crippen LogP contribution is 2.24. The van der Waals surface area contributed by atoms with Crippen molar-refractivity contribution < 1.29 is 9.59 Å². The Kier molecular flexibility index (Phi) is 3.60. The molecule has 0 saturated heterocycles. The van der Waals surface area contributed by atoms with Crippen molar-refractivity contribution in [2.75, 3.05) is 11.9 Å². The summed E-state index contributed by atoms with van der Waals surface area (Å²) in [4.78, 5) is 25.7. The maximum atomic E-state index is 11.8. The lowest BCUT2D eigenvalue weighted by Gasteiger charge is -2.03. The molecule has 92 valence electrons. The molecule has 1 aliphatic rings. The Bertz CT molecular complexity index is 547. The van der Waals surface area contributed by atoms with E-state index in [1.165, 1.54) is 0 Å². The van der Waals surface area contributed by atoms with Gasteiger partial charge in [0.1, 0.15) is 0 Å². The number of hydrogen-bond acceptors (Lipinski definition) is 3.